The third kappa shape index (κ3) is 5.98. The Labute approximate surface area is 184 Å². The molecule has 0 bridgehead atoms. The Balaban J connectivity index is 1.48. The van der Waals surface area contributed by atoms with Crippen LogP contribution in [0.25, 0.3) is 0 Å². The summed E-state index contributed by atoms with van der Waals surface area (Å²) in [5, 5.41) is 2.94. The van der Waals surface area contributed by atoms with E-state index in [0.717, 1.165) is 16.9 Å². The maximum atomic E-state index is 13.0. The van der Waals surface area contributed by atoms with Crippen molar-refractivity contribution in [3.8, 4) is 11.5 Å². The molecule has 0 aromatic heterocycles. The number of aryl methyl sites for hydroxylation is 2. The fourth-order valence-corrected chi connectivity index (χ4v) is 5.36. The minimum absolute atomic E-state index is 0.0681. The topological polar surface area (TPSA) is 84.9 Å². The fourth-order valence-electron chi connectivity index (χ4n) is 3.58. The number of piperidine rings is 1. The zero-order chi connectivity index (χ0) is 22.4. The van der Waals surface area contributed by atoms with Crippen molar-refractivity contribution in [2.45, 2.75) is 44.6 Å². The summed E-state index contributed by atoms with van der Waals surface area (Å²) in [6.45, 7) is 6.86. The zero-order valence-electron chi connectivity index (χ0n) is 18.3. The van der Waals surface area contributed by atoms with Gasteiger partial charge in [-0.25, -0.2) is 8.42 Å². The van der Waals surface area contributed by atoms with Crippen molar-refractivity contribution in [1.82, 2.24) is 9.62 Å². The Hall–Kier alpha value is -2.58. The lowest BCUT2D eigenvalue weighted by Crippen LogP contribution is -2.47. The number of rotatable bonds is 8. The second-order valence-corrected chi connectivity index (χ2v) is 9.61. The lowest BCUT2D eigenvalue weighted by atomic mass is 10.1. The van der Waals surface area contributed by atoms with E-state index in [0.29, 0.717) is 43.2 Å². The molecule has 2 aromatic rings. The first-order chi connectivity index (χ1) is 14.8. The van der Waals surface area contributed by atoms with E-state index in [1.54, 1.807) is 30.3 Å². The Morgan fingerprint density at radius 2 is 1.65 bits per heavy atom. The predicted molar refractivity (Wildman–Crippen MR) is 119 cm³/mol. The van der Waals surface area contributed by atoms with Crippen LogP contribution in [0.5, 0.6) is 11.5 Å². The third-order valence-electron chi connectivity index (χ3n) is 5.29. The van der Waals surface area contributed by atoms with Gasteiger partial charge in [0.2, 0.25) is 10.0 Å². The summed E-state index contributed by atoms with van der Waals surface area (Å²) in [6.07, 6.45) is 1.14. The van der Waals surface area contributed by atoms with Gasteiger partial charge >= 0.3 is 0 Å². The molecule has 168 valence electrons. The average Bonchev–Trinajstić information content (AvgIpc) is 2.75. The van der Waals surface area contributed by atoms with Gasteiger partial charge < -0.3 is 14.8 Å². The van der Waals surface area contributed by atoms with Gasteiger partial charge in [0.05, 0.1) is 11.5 Å². The van der Waals surface area contributed by atoms with Crippen LogP contribution in [0.15, 0.2) is 47.4 Å². The highest BCUT2D eigenvalue weighted by Gasteiger charge is 2.31. The van der Waals surface area contributed by atoms with Crippen LogP contribution in [0.1, 0.15) is 30.9 Å². The highest BCUT2D eigenvalue weighted by Crippen LogP contribution is 2.24. The van der Waals surface area contributed by atoms with Gasteiger partial charge in [0, 0.05) is 19.1 Å². The maximum Gasteiger partial charge on any atom is 0.258 e. The molecule has 0 atom stereocenters. The highest BCUT2D eigenvalue weighted by atomic mass is 32.2. The molecule has 1 saturated heterocycles. The van der Waals surface area contributed by atoms with E-state index < -0.39 is 10.0 Å². The molecular formula is C23H30N2O5S. The van der Waals surface area contributed by atoms with Crippen LogP contribution in [-0.4, -0.2) is 51.0 Å². The molecule has 0 spiro atoms. The van der Waals surface area contributed by atoms with Gasteiger partial charge in [0.15, 0.2) is 6.61 Å². The number of hydrogen-bond acceptors (Lipinski definition) is 5. The van der Waals surface area contributed by atoms with Crippen molar-refractivity contribution < 1.29 is 22.7 Å². The molecule has 1 aliphatic heterocycles. The number of carbonyl (C=O) groups is 1. The molecule has 1 amide bonds. The number of nitrogens with one attached hydrogen (secondary N) is 1. The van der Waals surface area contributed by atoms with Crippen LogP contribution in [-0.2, 0) is 14.8 Å². The number of benzene rings is 2. The van der Waals surface area contributed by atoms with Gasteiger partial charge in [0.1, 0.15) is 11.5 Å². The largest absolute Gasteiger partial charge is 0.494 e. The third-order valence-corrected chi connectivity index (χ3v) is 7.33. The summed E-state index contributed by atoms with van der Waals surface area (Å²) in [6, 6.07) is 12.5. The number of sulfonamides is 1. The fraction of sp³-hybridized carbons (Fsp3) is 0.435. The first kappa shape index (κ1) is 23.1. The quantitative estimate of drug-likeness (QED) is 0.674. The van der Waals surface area contributed by atoms with Gasteiger partial charge in [-0.3, -0.25) is 4.79 Å². The van der Waals surface area contributed by atoms with Crippen LogP contribution >= 0.6 is 0 Å². The second-order valence-electron chi connectivity index (χ2n) is 7.71. The van der Waals surface area contributed by atoms with Gasteiger partial charge in [-0.2, -0.15) is 4.31 Å². The molecular weight excluding hydrogens is 416 g/mol. The summed E-state index contributed by atoms with van der Waals surface area (Å²) in [5.41, 5.74) is 1.66. The maximum absolute atomic E-state index is 13.0. The van der Waals surface area contributed by atoms with Crippen LogP contribution in [0, 0.1) is 13.8 Å². The van der Waals surface area contributed by atoms with E-state index in [4.69, 9.17) is 9.47 Å². The molecule has 1 fully saturated rings. The molecule has 0 saturated carbocycles. The first-order valence-electron chi connectivity index (χ1n) is 10.5. The predicted octanol–water partition coefficient (Wildman–Crippen LogP) is 3.05. The van der Waals surface area contributed by atoms with Crippen molar-refractivity contribution in [1.29, 1.82) is 0 Å². The van der Waals surface area contributed by atoms with Crippen molar-refractivity contribution >= 4 is 15.9 Å². The molecule has 7 nitrogen and oxygen atoms in total. The van der Waals surface area contributed by atoms with E-state index >= 15 is 0 Å². The lowest BCUT2D eigenvalue weighted by molar-refractivity contribution is -0.124. The molecule has 0 radical (unpaired) electrons. The standard InChI is InChI=1S/C23H30N2O5S/c1-4-29-20-7-9-21(10-8-20)30-16-23(26)24-19-11-13-25(14-12-19)31(27,28)22-15-17(2)5-6-18(22)3/h5-10,15,19H,4,11-14,16H2,1-3H3,(H,24,26). The van der Waals surface area contributed by atoms with E-state index in [2.05, 4.69) is 5.32 Å². The summed E-state index contributed by atoms with van der Waals surface area (Å²) in [5.74, 6) is 1.12. The molecule has 1 N–H and O–H groups in total. The van der Waals surface area contributed by atoms with Gasteiger partial charge in [-0.15, -0.1) is 0 Å². The molecule has 31 heavy (non-hydrogen) atoms. The van der Waals surface area contributed by atoms with Crippen LogP contribution < -0.4 is 14.8 Å². The van der Waals surface area contributed by atoms with E-state index in [1.165, 1.54) is 4.31 Å². The smallest absolute Gasteiger partial charge is 0.258 e. The van der Waals surface area contributed by atoms with Crippen molar-refractivity contribution in [2.24, 2.45) is 0 Å². The Morgan fingerprint density at radius 3 is 2.26 bits per heavy atom. The minimum Gasteiger partial charge on any atom is -0.494 e. The van der Waals surface area contributed by atoms with Crippen LogP contribution in [0.2, 0.25) is 0 Å². The monoisotopic (exact) mass is 446 g/mol. The summed E-state index contributed by atoms with van der Waals surface area (Å²) in [7, 11) is -3.54. The SMILES string of the molecule is CCOc1ccc(OCC(=O)NC2CCN(S(=O)(=O)c3cc(C)ccc3C)CC2)cc1. The second kappa shape index (κ2) is 10.2. The molecule has 0 unspecified atom stereocenters. The Kier molecular flexibility index (Phi) is 7.56. The lowest BCUT2D eigenvalue weighted by Gasteiger charge is -2.32. The zero-order valence-corrected chi connectivity index (χ0v) is 19.1. The molecule has 1 heterocycles. The average molecular weight is 447 g/mol. The van der Waals surface area contributed by atoms with E-state index in [9.17, 15) is 13.2 Å². The van der Waals surface area contributed by atoms with Crippen molar-refractivity contribution in [2.75, 3.05) is 26.3 Å². The molecule has 2 aromatic carbocycles. The van der Waals surface area contributed by atoms with Gasteiger partial charge in [-0.05, 0) is 75.1 Å². The van der Waals surface area contributed by atoms with Crippen molar-refractivity contribution in [3.05, 3.63) is 53.6 Å². The summed E-state index contributed by atoms with van der Waals surface area (Å²) in [4.78, 5) is 12.6. The molecule has 3 rings (SSSR count). The van der Waals surface area contributed by atoms with E-state index in [1.807, 2.05) is 32.9 Å². The summed E-state index contributed by atoms with van der Waals surface area (Å²) >= 11 is 0. The molecule has 8 heteroatoms. The number of carbonyl (C=O) groups excluding carboxylic acids is 1. The van der Waals surface area contributed by atoms with Crippen molar-refractivity contribution in [3.63, 3.8) is 0 Å². The molecule has 0 aliphatic carbocycles. The number of hydrogen-bond donors (Lipinski definition) is 1. The number of amides is 1. The number of nitrogens with zero attached hydrogens (tertiary/aromatic N) is 1. The Morgan fingerprint density at radius 1 is 1.03 bits per heavy atom. The van der Waals surface area contributed by atoms with Crippen LogP contribution in [0.4, 0.5) is 0 Å². The van der Waals surface area contributed by atoms with Gasteiger partial charge in [0.25, 0.3) is 5.91 Å². The van der Waals surface area contributed by atoms with E-state index in [-0.39, 0.29) is 18.6 Å². The normalized spacial score (nSPS) is 15.5. The van der Waals surface area contributed by atoms with Gasteiger partial charge in [-0.1, -0.05) is 12.1 Å². The highest BCUT2D eigenvalue weighted by molar-refractivity contribution is 7.89. The first-order valence-corrected chi connectivity index (χ1v) is 12.0. The Bertz CT molecular complexity index is 997. The summed E-state index contributed by atoms with van der Waals surface area (Å²) < 4.78 is 38.5. The van der Waals surface area contributed by atoms with Crippen LogP contribution in [0.3, 0.4) is 0 Å². The minimum atomic E-state index is -3.54. The molecule has 1 aliphatic rings. The number of ether oxygens (including phenoxy) is 2.